The molecule has 3 N–H and O–H groups in total. The van der Waals surface area contributed by atoms with Crippen molar-refractivity contribution >= 4 is 43.1 Å². The fourth-order valence-corrected chi connectivity index (χ4v) is 5.37. The van der Waals surface area contributed by atoms with Crippen LogP contribution in [-0.4, -0.2) is 53.6 Å². The summed E-state index contributed by atoms with van der Waals surface area (Å²) in [7, 11) is -3.26. The number of amides is 1. The van der Waals surface area contributed by atoms with E-state index in [9.17, 15) is 13.2 Å². The second kappa shape index (κ2) is 5.93. The Balaban J connectivity index is 1.76. The summed E-state index contributed by atoms with van der Waals surface area (Å²) in [5.74, 6) is -0.569. The molecule has 1 saturated carbocycles. The molecule has 1 saturated heterocycles. The van der Waals surface area contributed by atoms with E-state index in [2.05, 4.69) is 26.3 Å². The Labute approximate surface area is 159 Å². The maximum Gasteiger partial charge on any atom is 0.252 e. The molecule has 3 heterocycles. The summed E-state index contributed by atoms with van der Waals surface area (Å²) in [6.07, 6.45) is 7.50. The largest absolute Gasteiger partial charge is 0.378 e. The highest BCUT2D eigenvalue weighted by atomic mass is 79.9. The molecule has 0 bridgehead atoms. The smallest absolute Gasteiger partial charge is 0.252 e. The molecule has 10 heteroatoms. The molecule has 140 valence electrons. The average molecular weight is 442 g/mol. The molecule has 8 nitrogen and oxygen atoms in total. The van der Waals surface area contributed by atoms with Crippen molar-refractivity contribution in [2.45, 2.75) is 25.3 Å². The molecule has 26 heavy (non-hydrogen) atoms. The first-order valence-electron chi connectivity index (χ1n) is 8.38. The van der Waals surface area contributed by atoms with Crippen molar-refractivity contribution in [2.24, 2.45) is 11.1 Å². The first-order valence-corrected chi connectivity index (χ1v) is 11.0. The highest BCUT2D eigenvalue weighted by Gasteiger charge is 2.52. The van der Waals surface area contributed by atoms with E-state index >= 15 is 0 Å². The lowest BCUT2D eigenvalue weighted by Crippen LogP contribution is -2.45. The summed E-state index contributed by atoms with van der Waals surface area (Å²) in [4.78, 5) is 11.9. The van der Waals surface area contributed by atoms with Crippen molar-refractivity contribution in [3.05, 3.63) is 28.5 Å². The van der Waals surface area contributed by atoms with Crippen LogP contribution in [-0.2, 0) is 10.0 Å². The van der Waals surface area contributed by atoms with E-state index in [1.807, 2.05) is 6.07 Å². The van der Waals surface area contributed by atoms with Crippen molar-refractivity contribution in [1.82, 2.24) is 13.9 Å². The maximum absolute atomic E-state index is 12.1. The number of primary amides is 1. The summed E-state index contributed by atoms with van der Waals surface area (Å²) < 4.78 is 28.1. The van der Waals surface area contributed by atoms with Gasteiger partial charge in [-0.25, -0.2) is 12.9 Å². The molecular weight excluding hydrogens is 422 g/mol. The van der Waals surface area contributed by atoms with Crippen LogP contribution in [0.1, 0.15) is 29.6 Å². The monoisotopic (exact) mass is 441 g/mol. The van der Waals surface area contributed by atoms with Crippen LogP contribution in [0.3, 0.4) is 0 Å². The fourth-order valence-electron chi connectivity index (χ4n) is 4.05. The van der Waals surface area contributed by atoms with Gasteiger partial charge >= 0.3 is 0 Å². The van der Waals surface area contributed by atoms with Crippen LogP contribution in [0, 0.1) is 5.41 Å². The van der Waals surface area contributed by atoms with E-state index in [-0.39, 0.29) is 11.5 Å². The fraction of sp³-hybridized carbons (Fsp3) is 0.500. The van der Waals surface area contributed by atoms with Crippen molar-refractivity contribution in [1.29, 1.82) is 0 Å². The number of hydrogen-bond donors (Lipinski definition) is 2. The van der Waals surface area contributed by atoms with Gasteiger partial charge in [-0.3, -0.25) is 4.79 Å². The van der Waals surface area contributed by atoms with Crippen LogP contribution < -0.4 is 11.1 Å². The van der Waals surface area contributed by atoms with E-state index in [1.54, 1.807) is 10.7 Å². The Bertz CT molecular complexity index is 999. The van der Waals surface area contributed by atoms with Gasteiger partial charge in [0, 0.05) is 35.2 Å². The lowest BCUT2D eigenvalue weighted by Gasteiger charge is -2.43. The lowest BCUT2D eigenvalue weighted by molar-refractivity contribution is 0.1000. The van der Waals surface area contributed by atoms with Crippen molar-refractivity contribution in [2.75, 3.05) is 24.7 Å². The topological polar surface area (TPSA) is 110 Å². The number of halogens is 1. The van der Waals surface area contributed by atoms with Gasteiger partial charge in [0.2, 0.25) is 10.0 Å². The zero-order valence-electron chi connectivity index (χ0n) is 14.3. The number of aromatic nitrogens is 2. The molecule has 1 atom stereocenters. The Morgan fingerprint density at radius 2 is 2.19 bits per heavy atom. The van der Waals surface area contributed by atoms with Crippen molar-refractivity contribution < 1.29 is 13.2 Å². The molecule has 1 aliphatic carbocycles. The minimum Gasteiger partial charge on any atom is -0.378 e. The number of hydrogen-bond acceptors (Lipinski definition) is 5. The second-order valence-corrected chi connectivity index (χ2v) is 10.2. The Morgan fingerprint density at radius 3 is 2.77 bits per heavy atom. The van der Waals surface area contributed by atoms with Crippen LogP contribution in [0.5, 0.6) is 0 Å². The molecular formula is C16H20BrN5O3S. The molecule has 1 spiro atoms. The summed E-state index contributed by atoms with van der Waals surface area (Å²) >= 11 is 3.42. The first kappa shape index (κ1) is 17.7. The zero-order valence-corrected chi connectivity index (χ0v) is 16.7. The predicted octanol–water partition coefficient (Wildman–Crippen LogP) is 1.42. The van der Waals surface area contributed by atoms with E-state index in [0.717, 1.165) is 29.3 Å². The van der Waals surface area contributed by atoms with Gasteiger partial charge in [-0.2, -0.15) is 9.40 Å². The standard InChI is InChI=1S/C16H20BrN5O3S/c1-26(24,25)21-8-13(16(9-21)3-2-4-16)20-14-11(15(18)23)6-19-22-7-10(17)5-12(14)22/h5-7,13,20H,2-4,8-9H2,1H3,(H2,18,23). The van der Waals surface area contributed by atoms with E-state index < -0.39 is 15.9 Å². The minimum atomic E-state index is -3.26. The summed E-state index contributed by atoms with van der Waals surface area (Å²) in [5.41, 5.74) is 7.08. The van der Waals surface area contributed by atoms with Gasteiger partial charge in [0.1, 0.15) is 0 Å². The number of fused-ring (bicyclic) bond motifs is 1. The van der Waals surface area contributed by atoms with E-state index in [0.29, 0.717) is 24.3 Å². The molecule has 1 amide bonds. The number of nitrogens with zero attached hydrogens (tertiary/aromatic N) is 3. The quantitative estimate of drug-likeness (QED) is 0.745. The average Bonchev–Trinajstić information content (AvgIpc) is 3.06. The number of nitrogens with one attached hydrogen (secondary N) is 1. The van der Waals surface area contributed by atoms with Crippen molar-refractivity contribution in [3.8, 4) is 0 Å². The molecule has 0 aromatic carbocycles. The third-order valence-corrected chi connectivity index (χ3v) is 7.27. The summed E-state index contributed by atoms with van der Waals surface area (Å²) in [6.45, 7) is 0.898. The highest BCUT2D eigenvalue weighted by Crippen LogP contribution is 2.50. The lowest BCUT2D eigenvalue weighted by atomic mass is 9.65. The van der Waals surface area contributed by atoms with Crippen LogP contribution in [0.15, 0.2) is 22.9 Å². The third kappa shape index (κ3) is 2.80. The maximum atomic E-state index is 12.1. The van der Waals surface area contributed by atoms with Gasteiger partial charge in [-0.1, -0.05) is 6.42 Å². The number of anilines is 1. The number of carbonyl (C=O) groups is 1. The van der Waals surface area contributed by atoms with Crippen LogP contribution in [0.4, 0.5) is 5.69 Å². The summed E-state index contributed by atoms with van der Waals surface area (Å²) in [6, 6.07) is 1.78. The molecule has 4 rings (SSSR count). The Morgan fingerprint density at radius 1 is 1.46 bits per heavy atom. The Hall–Kier alpha value is -1.65. The number of rotatable bonds is 4. The van der Waals surface area contributed by atoms with Gasteiger partial charge in [-0.05, 0) is 34.8 Å². The molecule has 2 aromatic rings. The molecule has 1 aliphatic heterocycles. The van der Waals surface area contributed by atoms with Gasteiger partial charge in [0.25, 0.3) is 5.91 Å². The van der Waals surface area contributed by atoms with Gasteiger partial charge < -0.3 is 11.1 Å². The van der Waals surface area contributed by atoms with E-state index in [1.165, 1.54) is 16.8 Å². The Kier molecular flexibility index (Phi) is 4.05. The molecule has 2 aliphatic rings. The molecule has 2 fully saturated rings. The number of sulfonamides is 1. The third-order valence-electron chi connectivity index (χ3n) is 5.62. The molecule has 1 unspecified atom stereocenters. The number of nitrogens with two attached hydrogens (primary N) is 1. The molecule has 0 radical (unpaired) electrons. The second-order valence-electron chi connectivity index (χ2n) is 7.25. The van der Waals surface area contributed by atoms with Crippen molar-refractivity contribution in [3.63, 3.8) is 0 Å². The predicted molar refractivity (Wildman–Crippen MR) is 102 cm³/mol. The van der Waals surface area contributed by atoms with Gasteiger partial charge in [0.05, 0.1) is 29.2 Å². The zero-order chi connectivity index (χ0) is 18.7. The van der Waals surface area contributed by atoms with Gasteiger partial charge in [0.15, 0.2) is 0 Å². The minimum absolute atomic E-state index is 0.0797. The summed E-state index contributed by atoms with van der Waals surface area (Å²) in [5, 5.41) is 7.68. The first-order chi connectivity index (χ1) is 12.2. The SMILES string of the molecule is CS(=O)(=O)N1CC(Nc2c(C(N)=O)cnn3cc(Br)cc23)C2(CCC2)C1. The number of carbonyl (C=O) groups excluding carboxylic acids is 1. The van der Waals surface area contributed by atoms with Crippen LogP contribution in [0.2, 0.25) is 0 Å². The highest BCUT2D eigenvalue weighted by molar-refractivity contribution is 9.10. The normalized spacial score (nSPS) is 22.6. The van der Waals surface area contributed by atoms with Crippen LogP contribution in [0.25, 0.3) is 5.52 Å². The molecule has 2 aromatic heterocycles. The van der Waals surface area contributed by atoms with Crippen LogP contribution >= 0.6 is 15.9 Å². The van der Waals surface area contributed by atoms with Gasteiger partial charge in [-0.15, -0.1) is 0 Å². The van der Waals surface area contributed by atoms with E-state index in [4.69, 9.17) is 5.73 Å².